The van der Waals surface area contributed by atoms with Gasteiger partial charge in [0, 0.05) is 6.42 Å². The summed E-state index contributed by atoms with van der Waals surface area (Å²) >= 11 is 0. The Kier molecular flexibility index (Phi) is 2.58. The summed E-state index contributed by atoms with van der Waals surface area (Å²) < 4.78 is 2.25. The summed E-state index contributed by atoms with van der Waals surface area (Å²) in [6.07, 6.45) is 2.90. The third-order valence-corrected chi connectivity index (χ3v) is 2.73. The molecule has 2 nitrogen and oxygen atoms in total. The second kappa shape index (κ2) is 3.89. The van der Waals surface area contributed by atoms with Gasteiger partial charge in [-0.3, -0.25) is 0 Å². The largest absolute Gasteiger partial charge is 0.321 e. The molecule has 15 heavy (non-hydrogen) atoms. The van der Waals surface area contributed by atoms with Gasteiger partial charge in [-0.2, -0.15) is 0 Å². The van der Waals surface area contributed by atoms with Gasteiger partial charge in [-0.1, -0.05) is 25.1 Å². The van der Waals surface area contributed by atoms with E-state index in [4.69, 9.17) is 0 Å². The number of para-hydroxylation sites is 2. The van der Waals surface area contributed by atoms with Gasteiger partial charge in [-0.25, -0.2) is 4.98 Å². The molecular formula is C13H16N2. The quantitative estimate of drug-likeness (QED) is 0.695. The Morgan fingerprint density at radius 1 is 1.47 bits per heavy atom. The summed E-state index contributed by atoms with van der Waals surface area (Å²) in [4.78, 5) is 4.62. The standard InChI is InChI=1S/C13H16N2/c1-4-10(3)15-12-9-7-6-8-11(12)14-13(15)5-2/h4,6-10H,1,5H2,2-3H3. The minimum absolute atomic E-state index is 0.298. The molecule has 0 aliphatic rings. The molecule has 0 radical (unpaired) electrons. The van der Waals surface area contributed by atoms with Crippen LogP contribution in [-0.4, -0.2) is 9.55 Å². The zero-order chi connectivity index (χ0) is 10.8. The van der Waals surface area contributed by atoms with Gasteiger partial charge in [0.15, 0.2) is 0 Å². The summed E-state index contributed by atoms with van der Waals surface area (Å²) in [7, 11) is 0. The van der Waals surface area contributed by atoms with Crippen molar-refractivity contribution in [2.24, 2.45) is 0 Å². The van der Waals surface area contributed by atoms with E-state index in [1.54, 1.807) is 0 Å². The molecule has 0 aliphatic carbocycles. The van der Waals surface area contributed by atoms with Crippen molar-refractivity contribution >= 4 is 11.0 Å². The smallest absolute Gasteiger partial charge is 0.110 e. The van der Waals surface area contributed by atoms with Crippen molar-refractivity contribution in [3.05, 3.63) is 42.7 Å². The van der Waals surface area contributed by atoms with Crippen LogP contribution in [0.25, 0.3) is 11.0 Å². The Hall–Kier alpha value is -1.57. The normalized spacial score (nSPS) is 12.9. The number of rotatable bonds is 3. The van der Waals surface area contributed by atoms with E-state index >= 15 is 0 Å². The number of nitrogens with zero attached hydrogens (tertiary/aromatic N) is 2. The minimum atomic E-state index is 0.298. The number of allylic oxidation sites excluding steroid dienone is 1. The fraction of sp³-hybridized carbons (Fsp3) is 0.308. The third kappa shape index (κ3) is 1.56. The lowest BCUT2D eigenvalue weighted by Crippen LogP contribution is -2.06. The van der Waals surface area contributed by atoms with E-state index < -0.39 is 0 Å². The van der Waals surface area contributed by atoms with E-state index in [-0.39, 0.29) is 0 Å². The molecule has 1 heterocycles. The van der Waals surface area contributed by atoms with E-state index in [0.717, 1.165) is 17.8 Å². The van der Waals surface area contributed by atoms with Crippen molar-refractivity contribution in [1.82, 2.24) is 9.55 Å². The highest BCUT2D eigenvalue weighted by Crippen LogP contribution is 2.21. The van der Waals surface area contributed by atoms with Crippen LogP contribution in [0.1, 0.15) is 25.7 Å². The van der Waals surface area contributed by atoms with Crippen molar-refractivity contribution in [2.75, 3.05) is 0 Å². The molecule has 2 aromatic rings. The van der Waals surface area contributed by atoms with Crippen LogP contribution < -0.4 is 0 Å². The van der Waals surface area contributed by atoms with Gasteiger partial charge in [-0.05, 0) is 19.1 Å². The van der Waals surface area contributed by atoms with Crippen molar-refractivity contribution in [3.8, 4) is 0 Å². The molecule has 0 saturated heterocycles. The molecule has 0 N–H and O–H groups in total. The summed E-state index contributed by atoms with van der Waals surface area (Å²) in [6, 6.07) is 8.54. The van der Waals surface area contributed by atoms with E-state index in [2.05, 4.69) is 48.2 Å². The summed E-state index contributed by atoms with van der Waals surface area (Å²) in [6.45, 7) is 8.12. The molecule has 1 aromatic carbocycles. The third-order valence-electron chi connectivity index (χ3n) is 2.73. The number of hydrogen-bond acceptors (Lipinski definition) is 1. The van der Waals surface area contributed by atoms with Crippen molar-refractivity contribution < 1.29 is 0 Å². The average molecular weight is 200 g/mol. The zero-order valence-corrected chi connectivity index (χ0v) is 9.27. The van der Waals surface area contributed by atoms with Crippen LogP contribution in [0.2, 0.25) is 0 Å². The lowest BCUT2D eigenvalue weighted by Gasteiger charge is -2.12. The van der Waals surface area contributed by atoms with Gasteiger partial charge < -0.3 is 4.57 Å². The first-order valence-electron chi connectivity index (χ1n) is 5.36. The molecule has 0 aliphatic heterocycles. The Balaban J connectivity index is 2.72. The molecule has 0 amide bonds. The van der Waals surface area contributed by atoms with Gasteiger partial charge in [0.1, 0.15) is 5.82 Å². The SMILES string of the molecule is C=CC(C)n1c(CC)nc2ccccc21. The first-order chi connectivity index (χ1) is 7.27. The van der Waals surface area contributed by atoms with Crippen LogP contribution in [0.5, 0.6) is 0 Å². The van der Waals surface area contributed by atoms with E-state index in [1.165, 1.54) is 5.52 Å². The van der Waals surface area contributed by atoms with Crippen LogP contribution in [0.3, 0.4) is 0 Å². The Bertz CT molecular complexity index is 482. The van der Waals surface area contributed by atoms with Crippen LogP contribution >= 0.6 is 0 Å². The molecule has 1 unspecified atom stereocenters. The number of imidazole rings is 1. The highest BCUT2D eigenvalue weighted by molar-refractivity contribution is 5.76. The topological polar surface area (TPSA) is 17.8 Å². The molecule has 0 spiro atoms. The number of hydrogen-bond donors (Lipinski definition) is 0. The van der Waals surface area contributed by atoms with E-state index in [0.29, 0.717) is 6.04 Å². The maximum atomic E-state index is 4.62. The predicted octanol–water partition coefficient (Wildman–Crippen LogP) is 3.35. The first kappa shape index (κ1) is 9.97. The van der Waals surface area contributed by atoms with Crippen LogP contribution in [0.4, 0.5) is 0 Å². The first-order valence-corrected chi connectivity index (χ1v) is 5.36. The lowest BCUT2D eigenvalue weighted by atomic mass is 10.2. The lowest BCUT2D eigenvalue weighted by molar-refractivity contribution is 0.643. The Labute approximate surface area is 90.3 Å². The monoisotopic (exact) mass is 200 g/mol. The van der Waals surface area contributed by atoms with Gasteiger partial charge in [0.25, 0.3) is 0 Å². The maximum Gasteiger partial charge on any atom is 0.110 e. The van der Waals surface area contributed by atoms with Gasteiger partial charge >= 0.3 is 0 Å². The van der Waals surface area contributed by atoms with Gasteiger partial charge in [0.2, 0.25) is 0 Å². The predicted molar refractivity (Wildman–Crippen MR) is 64.0 cm³/mol. The summed E-state index contributed by atoms with van der Waals surface area (Å²) in [5.41, 5.74) is 2.27. The van der Waals surface area contributed by atoms with Crippen LogP contribution in [0.15, 0.2) is 36.9 Å². The van der Waals surface area contributed by atoms with Gasteiger partial charge in [-0.15, -0.1) is 6.58 Å². The molecular weight excluding hydrogens is 184 g/mol. The van der Waals surface area contributed by atoms with E-state index in [1.807, 2.05) is 12.1 Å². The van der Waals surface area contributed by atoms with Crippen molar-refractivity contribution in [1.29, 1.82) is 0 Å². The molecule has 2 heteroatoms. The van der Waals surface area contributed by atoms with Crippen molar-refractivity contribution in [3.63, 3.8) is 0 Å². The Morgan fingerprint density at radius 3 is 2.87 bits per heavy atom. The second-order valence-corrected chi connectivity index (χ2v) is 3.72. The molecule has 78 valence electrons. The highest BCUT2D eigenvalue weighted by Gasteiger charge is 2.11. The molecule has 2 rings (SSSR count). The van der Waals surface area contributed by atoms with Crippen molar-refractivity contribution in [2.45, 2.75) is 26.3 Å². The van der Waals surface area contributed by atoms with Crippen LogP contribution in [-0.2, 0) is 6.42 Å². The highest BCUT2D eigenvalue weighted by atomic mass is 15.1. The maximum absolute atomic E-state index is 4.62. The number of benzene rings is 1. The van der Waals surface area contributed by atoms with Gasteiger partial charge in [0.05, 0.1) is 17.1 Å². The number of aryl methyl sites for hydroxylation is 1. The molecule has 0 fully saturated rings. The molecule has 1 atom stereocenters. The second-order valence-electron chi connectivity index (χ2n) is 3.72. The molecule has 0 saturated carbocycles. The Morgan fingerprint density at radius 2 is 2.20 bits per heavy atom. The average Bonchev–Trinajstić information content (AvgIpc) is 2.66. The fourth-order valence-electron chi connectivity index (χ4n) is 1.90. The van der Waals surface area contributed by atoms with Crippen LogP contribution in [0, 0.1) is 0 Å². The summed E-state index contributed by atoms with van der Waals surface area (Å²) in [5, 5.41) is 0. The minimum Gasteiger partial charge on any atom is -0.321 e. The molecule has 0 bridgehead atoms. The number of fused-ring (bicyclic) bond motifs is 1. The van der Waals surface area contributed by atoms with E-state index in [9.17, 15) is 0 Å². The number of aromatic nitrogens is 2. The fourth-order valence-corrected chi connectivity index (χ4v) is 1.90. The summed E-state index contributed by atoms with van der Waals surface area (Å²) in [5.74, 6) is 1.13. The zero-order valence-electron chi connectivity index (χ0n) is 9.27. The molecule has 1 aromatic heterocycles.